The molecule has 2 aromatic carbocycles. The average Bonchev–Trinajstić information content (AvgIpc) is 2.60. The number of amides is 1. The van der Waals surface area contributed by atoms with Gasteiger partial charge in [-0.25, -0.2) is 9.97 Å². The number of fused-ring (bicyclic) bond motifs is 1. The standard InChI is InChI=1S/C19H18BrN3O2/c1-12(2)13-3-6-15(7-4-13)23-18(24)10-25-19-16-9-14(20)5-8-17(16)21-11-22-19/h3-9,11-12H,10H2,1-2H3,(H,23,24). The Morgan fingerprint density at radius 3 is 2.64 bits per heavy atom. The van der Waals surface area contributed by atoms with E-state index in [0.29, 0.717) is 11.8 Å². The van der Waals surface area contributed by atoms with E-state index in [-0.39, 0.29) is 12.5 Å². The van der Waals surface area contributed by atoms with E-state index in [4.69, 9.17) is 4.74 Å². The van der Waals surface area contributed by atoms with Gasteiger partial charge in [-0.1, -0.05) is 41.9 Å². The summed E-state index contributed by atoms with van der Waals surface area (Å²) in [5.41, 5.74) is 2.73. The lowest BCUT2D eigenvalue weighted by atomic mass is 10.0. The summed E-state index contributed by atoms with van der Waals surface area (Å²) in [5, 5.41) is 3.58. The fourth-order valence-electron chi connectivity index (χ4n) is 2.40. The van der Waals surface area contributed by atoms with Crippen molar-refractivity contribution in [2.24, 2.45) is 0 Å². The molecule has 6 heteroatoms. The molecule has 0 saturated heterocycles. The maximum Gasteiger partial charge on any atom is 0.262 e. The van der Waals surface area contributed by atoms with E-state index in [9.17, 15) is 4.79 Å². The molecule has 5 nitrogen and oxygen atoms in total. The van der Waals surface area contributed by atoms with Crippen LogP contribution in [0, 0.1) is 0 Å². The molecule has 0 saturated carbocycles. The Labute approximate surface area is 154 Å². The predicted molar refractivity (Wildman–Crippen MR) is 102 cm³/mol. The van der Waals surface area contributed by atoms with Crippen LogP contribution in [0.1, 0.15) is 25.3 Å². The van der Waals surface area contributed by atoms with Gasteiger partial charge in [0.2, 0.25) is 5.88 Å². The average molecular weight is 400 g/mol. The molecule has 0 atom stereocenters. The van der Waals surface area contributed by atoms with Gasteiger partial charge >= 0.3 is 0 Å². The topological polar surface area (TPSA) is 64.1 Å². The van der Waals surface area contributed by atoms with Gasteiger partial charge in [-0.2, -0.15) is 0 Å². The summed E-state index contributed by atoms with van der Waals surface area (Å²) in [6.45, 7) is 4.14. The van der Waals surface area contributed by atoms with Gasteiger partial charge in [-0.15, -0.1) is 0 Å². The van der Waals surface area contributed by atoms with E-state index in [2.05, 4.69) is 45.1 Å². The van der Waals surface area contributed by atoms with E-state index in [1.54, 1.807) is 0 Å². The molecule has 0 radical (unpaired) electrons. The summed E-state index contributed by atoms with van der Waals surface area (Å²) < 4.78 is 6.48. The molecule has 0 bridgehead atoms. The number of carbonyl (C=O) groups is 1. The number of benzene rings is 2. The lowest BCUT2D eigenvalue weighted by molar-refractivity contribution is -0.118. The molecule has 1 N–H and O–H groups in total. The Kier molecular flexibility index (Phi) is 5.28. The van der Waals surface area contributed by atoms with Gasteiger partial charge in [0.15, 0.2) is 6.61 Å². The normalized spacial score (nSPS) is 10.9. The van der Waals surface area contributed by atoms with E-state index >= 15 is 0 Å². The van der Waals surface area contributed by atoms with Crippen molar-refractivity contribution in [3.63, 3.8) is 0 Å². The van der Waals surface area contributed by atoms with Gasteiger partial charge in [-0.3, -0.25) is 4.79 Å². The zero-order valence-corrected chi connectivity index (χ0v) is 15.6. The molecule has 1 aromatic heterocycles. The first kappa shape index (κ1) is 17.4. The molecule has 0 fully saturated rings. The maximum absolute atomic E-state index is 12.1. The summed E-state index contributed by atoms with van der Waals surface area (Å²) in [4.78, 5) is 20.4. The van der Waals surface area contributed by atoms with Crippen molar-refractivity contribution < 1.29 is 9.53 Å². The lowest BCUT2D eigenvalue weighted by Gasteiger charge is -2.10. The Bertz CT molecular complexity index is 895. The molecule has 0 aliphatic rings. The minimum atomic E-state index is -0.237. The van der Waals surface area contributed by atoms with Crippen LogP contribution < -0.4 is 10.1 Å². The first-order valence-electron chi connectivity index (χ1n) is 7.96. The van der Waals surface area contributed by atoms with Crippen LogP contribution >= 0.6 is 15.9 Å². The van der Waals surface area contributed by atoms with Crippen molar-refractivity contribution in [1.82, 2.24) is 9.97 Å². The smallest absolute Gasteiger partial charge is 0.262 e. The Morgan fingerprint density at radius 2 is 1.92 bits per heavy atom. The maximum atomic E-state index is 12.1. The van der Waals surface area contributed by atoms with Crippen LogP contribution in [0.2, 0.25) is 0 Å². The summed E-state index contributed by atoms with van der Waals surface area (Å²) in [6, 6.07) is 13.4. The molecule has 0 unspecified atom stereocenters. The molecule has 0 spiro atoms. The number of aromatic nitrogens is 2. The van der Waals surface area contributed by atoms with Crippen LogP contribution in [-0.2, 0) is 4.79 Å². The minimum Gasteiger partial charge on any atom is -0.467 e. The second kappa shape index (κ2) is 7.61. The highest BCUT2D eigenvalue weighted by atomic mass is 79.9. The Balaban J connectivity index is 1.65. The van der Waals surface area contributed by atoms with Crippen LogP contribution in [0.25, 0.3) is 10.9 Å². The summed E-state index contributed by atoms with van der Waals surface area (Å²) in [5.74, 6) is 0.606. The number of nitrogens with one attached hydrogen (secondary N) is 1. The monoisotopic (exact) mass is 399 g/mol. The lowest BCUT2D eigenvalue weighted by Crippen LogP contribution is -2.20. The second-order valence-electron chi connectivity index (χ2n) is 5.95. The highest BCUT2D eigenvalue weighted by molar-refractivity contribution is 9.10. The molecule has 1 amide bonds. The number of carbonyl (C=O) groups excluding carboxylic acids is 1. The number of ether oxygens (including phenoxy) is 1. The third kappa shape index (κ3) is 4.33. The molecule has 0 aliphatic carbocycles. The number of anilines is 1. The predicted octanol–water partition coefficient (Wildman–Crippen LogP) is 4.53. The molecular weight excluding hydrogens is 382 g/mol. The van der Waals surface area contributed by atoms with Crippen molar-refractivity contribution >= 4 is 38.4 Å². The van der Waals surface area contributed by atoms with Crippen LogP contribution in [0.4, 0.5) is 5.69 Å². The van der Waals surface area contributed by atoms with Gasteiger partial charge < -0.3 is 10.1 Å². The zero-order valence-electron chi connectivity index (χ0n) is 14.0. The van der Waals surface area contributed by atoms with E-state index in [1.165, 1.54) is 11.9 Å². The van der Waals surface area contributed by atoms with Crippen LogP contribution in [0.3, 0.4) is 0 Å². The SMILES string of the molecule is CC(C)c1ccc(NC(=O)COc2ncnc3ccc(Br)cc23)cc1. The highest BCUT2D eigenvalue weighted by Crippen LogP contribution is 2.25. The Hall–Kier alpha value is -2.47. The molecule has 3 aromatic rings. The first-order chi connectivity index (χ1) is 12.0. The van der Waals surface area contributed by atoms with Crippen molar-refractivity contribution in [3.8, 4) is 5.88 Å². The van der Waals surface area contributed by atoms with Crippen LogP contribution in [-0.4, -0.2) is 22.5 Å². The molecular formula is C19H18BrN3O2. The number of halogens is 1. The molecule has 25 heavy (non-hydrogen) atoms. The van der Waals surface area contributed by atoms with Crippen molar-refractivity contribution in [2.75, 3.05) is 11.9 Å². The van der Waals surface area contributed by atoms with Gasteiger partial charge in [-0.05, 0) is 41.8 Å². The zero-order chi connectivity index (χ0) is 17.8. The quantitative estimate of drug-likeness (QED) is 0.684. The first-order valence-corrected chi connectivity index (χ1v) is 8.75. The largest absolute Gasteiger partial charge is 0.467 e. The third-order valence-electron chi connectivity index (χ3n) is 3.76. The molecule has 128 valence electrons. The fourth-order valence-corrected chi connectivity index (χ4v) is 2.76. The number of hydrogen-bond donors (Lipinski definition) is 1. The third-order valence-corrected chi connectivity index (χ3v) is 4.26. The van der Waals surface area contributed by atoms with Gasteiger partial charge in [0.05, 0.1) is 10.9 Å². The molecule has 3 rings (SSSR count). The van der Waals surface area contributed by atoms with Gasteiger partial charge in [0.1, 0.15) is 6.33 Å². The van der Waals surface area contributed by atoms with Crippen molar-refractivity contribution in [2.45, 2.75) is 19.8 Å². The van der Waals surface area contributed by atoms with Crippen LogP contribution in [0.5, 0.6) is 5.88 Å². The van der Waals surface area contributed by atoms with E-state index < -0.39 is 0 Å². The van der Waals surface area contributed by atoms with Crippen LogP contribution in [0.15, 0.2) is 53.3 Å². The summed E-state index contributed by atoms with van der Waals surface area (Å²) in [7, 11) is 0. The second-order valence-corrected chi connectivity index (χ2v) is 6.87. The van der Waals surface area contributed by atoms with E-state index in [0.717, 1.165) is 21.1 Å². The summed E-state index contributed by atoms with van der Waals surface area (Å²) in [6.07, 6.45) is 1.42. The van der Waals surface area contributed by atoms with Crippen molar-refractivity contribution in [1.29, 1.82) is 0 Å². The Morgan fingerprint density at radius 1 is 1.16 bits per heavy atom. The van der Waals surface area contributed by atoms with Gasteiger partial charge in [0, 0.05) is 10.2 Å². The minimum absolute atomic E-state index is 0.120. The number of rotatable bonds is 5. The molecule has 1 heterocycles. The molecule has 0 aliphatic heterocycles. The van der Waals surface area contributed by atoms with Crippen molar-refractivity contribution in [3.05, 3.63) is 58.8 Å². The highest BCUT2D eigenvalue weighted by Gasteiger charge is 2.09. The number of hydrogen-bond acceptors (Lipinski definition) is 4. The summed E-state index contributed by atoms with van der Waals surface area (Å²) >= 11 is 3.42. The van der Waals surface area contributed by atoms with Gasteiger partial charge in [0.25, 0.3) is 5.91 Å². The number of nitrogens with zero attached hydrogens (tertiary/aromatic N) is 2. The fraction of sp³-hybridized carbons (Fsp3) is 0.211. The van der Waals surface area contributed by atoms with E-state index in [1.807, 2.05) is 42.5 Å².